The van der Waals surface area contributed by atoms with Gasteiger partial charge in [-0.1, -0.05) is 275 Å². The molecule has 0 spiro atoms. The highest BCUT2D eigenvalue weighted by molar-refractivity contribution is 7.47. The van der Waals surface area contributed by atoms with Gasteiger partial charge in [-0.05, 0) is 89.5 Å². The SMILES string of the molecule is CCCCC/C=C\C/C=C\CCCCCCCCCCCCCCCCCCCC(=O)NC(COP(=O)(O)OCC[N+](C)(C)C)C(/C=C\CCCCCCCCCCCC)OC(=O)CCCCC/C=C\CCCCCCCCC. The summed E-state index contributed by atoms with van der Waals surface area (Å²) in [4.78, 5) is 37.8. The van der Waals surface area contributed by atoms with Gasteiger partial charge in [-0.3, -0.25) is 18.6 Å². The molecule has 0 aliphatic heterocycles. The number of hydrogen-bond acceptors (Lipinski definition) is 6. The van der Waals surface area contributed by atoms with Crippen LogP contribution in [0.1, 0.15) is 329 Å². The molecule has 2 N–H and O–H groups in total. The summed E-state index contributed by atoms with van der Waals surface area (Å²) in [6.07, 6.45) is 74.1. The zero-order valence-corrected chi connectivity index (χ0v) is 54.0. The minimum atomic E-state index is -4.45. The lowest BCUT2D eigenvalue weighted by Crippen LogP contribution is -2.47. The summed E-state index contributed by atoms with van der Waals surface area (Å²) in [5.74, 6) is -0.511. The standard InChI is InChI=1S/C69H131N2O7P/c1-7-10-13-16-19-22-25-28-30-31-32-33-34-35-36-37-38-39-40-41-42-43-46-49-52-55-58-61-68(72)70-66(65-77-79(74,75)76-64-63-71(4,5)6)67(60-57-54-51-48-45-27-24-21-18-15-12-9-3)78-69(73)62-59-56-53-50-47-44-29-26-23-20-17-14-11-8-2/h19,22,28,30,44,47,57,60,66-67H,7-18,20-21,23-27,29,31-43,45-46,48-56,58-59,61-65H2,1-6H3,(H-,70,72,74,75)/p+1/b22-19-,30-28-,47-44-,60-57-. The molecular formula is C69H132N2O7P+. The van der Waals surface area contributed by atoms with E-state index in [-0.39, 0.29) is 31.5 Å². The number of esters is 1. The van der Waals surface area contributed by atoms with Gasteiger partial charge in [-0.15, -0.1) is 0 Å². The van der Waals surface area contributed by atoms with Gasteiger partial charge in [-0.2, -0.15) is 0 Å². The Balaban J connectivity index is 5.00. The van der Waals surface area contributed by atoms with E-state index in [1.165, 1.54) is 218 Å². The number of allylic oxidation sites excluding steroid dienone is 7. The minimum absolute atomic E-state index is 0.0395. The first-order valence-electron chi connectivity index (χ1n) is 34.0. The molecule has 9 nitrogen and oxygen atoms in total. The van der Waals surface area contributed by atoms with Gasteiger partial charge in [0.2, 0.25) is 5.91 Å². The molecule has 0 aliphatic carbocycles. The normalized spacial score (nSPS) is 13.9. The number of nitrogens with one attached hydrogen (secondary N) is 1. The Morgan fingerprint density at radius 3 is 1.19 bits per heavy atom. The van der Waals surface area contributed by atoms with Crippen LogP contribution >= 0.6 is 7.82 Å². The van der Waals surface area contributed by atoms with Crippen molar-refractivity contribution in [3.05, 3.63) is 48.6 Å². The van der Waals surface area contributed by atoms with Crippen LogP contribution < -0.4 is 5.32 Å². The molecule has 79 heavy (non-hydrogen) atoms. The fourth-order valence-corrected chi connectivity index (χ4v) is 10.7. The number of quaternary nitrogens is 1. The van der Waals surface area contributed by atoms with E-state index in [1.807, 2.05) is 33.3 Å². The zero-order valence-electron chi connectivity index (χ0n) is 53.1. The van der Waals surface area contributed by atoms with Gasteiger partial charge in [0.1, 0.15) is 19.3 Å². The first kappa shape index (κ1) is 77.0. The Kier molecular flexibility index (Phi) is 57.6. The topological polar surface area (TPSA) is 111 Å². The highest BCUT2D eigenvalue weighted by Crippen LogP contribution is 2.43. The number of phosphoric acid groups is 1. The smallest absolute Gasteiger partial charge is 0.456 e. The monoisotopic (exact) mass is 1130 g/mol. The second kappa shape index (κ2) is 59.1. The van der Waals surface area contributed by atoms with Gasteiger partial charge >= 0.3 is 13.8 Å². The Hall–Kier alpha value is -2.03. The molecule has 0 saturated carbocycles. The highest BCUT2D eigenvalue weighted by atomic mass is 31.2. The summed E-state index contributed by atoms with van der Waals surface area (Å²) >= 11 is 0. The van der Waals surface area contributed by atoms with Gasteiger partial charge in [0.15, 0.2) is 0 Å². The maximum Gasteiger partial charge on any atom is 0.472 e. The van der Waals surface area contributed by atoms with Crippen molar-refractivity contribution < 1.29 is 37.3 Å². The molecule has 0 aliphatic rings. The van der Waals surface area contributed by atoms with Gasteiger partial charge in [0, 0.05) is 12.8 Å². The lowest BCUT2D eigenvalue weighted by Gasteiger charge is -2.27. The summed E-state index contributed by atoms with van der Waals surface area (Å²) in [7, 11) is 1.50. The van der Waals surface area contributed by atoms with Crippen molar-refractivity contribution >= 4 is 19.7 Å². The molecule has 10 heteroatoms. The van der Waals surface area contributed by atoms with Crippen LogP contribution in [0.2, 0.25) is 0 Å². The summed E-state index contributed by atoms with van der Waals surface area (Å²) in [5, 5.41) is 3.06. The van der Waals surface area contributed by atoms with Crippen molar-refractivity contribution in [3.8, 4) is 0 Å². The maximum atomic E-state index is 13.6. The average Bonchev–Trinajstić information content (AvgIpc) is 3.41. The summed E-state index contributed by atoms with van der Waals surface area (Å²) in [6, 6.07) is -0.852. The van der Waals surface area contributed by atoms with E-state index < -0.39 is 20.0 Å². The average molecular weight is 1130 g/mol. The lowest BCUT2D eigenvalue weighted by molar-refractivity contribution is -0.870. The summed E-state index contributed by atoms with van der Waals surface area (Å²) < 4.78 is 30.7. The molecule has 464 valence electrons. The number of carbonyl (C=O) groups is 2. The van der Waals surface area contributed by atoms with Crippen molar-refractivity contribution in [3.63, 3.8) is 0 Å². The number of hydrogen-bond donors (Lipinski definition) is 2. The van der Waals surface area contributed by atoms with Crippen LogP contribution in [0, 0.1) is 0 Å². The van der Waals surface area contributed by atoms with Crippen LogP contribution in [-0.2, 0) is 27.9 Å². The minimum Gasteiger partial charge on any atom is -0.456 e. The third-order valence-corrected chi connectivity index (χ3v) is 16.2. The first-order chi connectivity index (χ1) is 38.4. The number of nitrogens with zero attached hydrogens (tertiary/aromatic N) is 1. The molecule has 0 aromatic carbocycles. The largest absolute Gasteiger partial charge is 0.472 e. The van der Waals surface area contributed by atoms with E-state index in [1.54, 1.807) is 0 Å². The van der Waals surface area contributed by atoms with Crippen LogP contribution in [0.25, 0.3) is 0 Å². The number of likely N-dealkylation sites (N-methyl/N-ethyl adjacent to an activating group) is 1. The molecule has 0 saturated heterocycles. The maximum absolute atomic E-state index is 13.6. The van der Waals surface area contributed by atoms with Crippen LogP contribution in [0.3, 0.4) is 0 Å². The Labute approximate surface area is 490 Å². The fraction of sp³-hybridized carbons (Fsp3) is 0.855. The third-order valence-electron chi connectivity index (χ3n) is 15.2. The van der Waals surface area contributed by atoms with Crippen molar-refractivity contribution in [1.82, 2.24) is 5.32 Å². The second-order valence-electron chi connectivity index (χ2n) is 24.3. The molecular weight excluding hydrogens is 1000 g/mol. The number of carbonyl (C=O) groups excluding carboxylic acids is 2. The van der Waals surface area contributed by atoms with Crippen molar-refractivity contribution in [2.45, 2.75) is 341 Å². The van der Waals surface area contributed by atoms with Crippen LogP contribution in [0.5, 0.6) is 0 Å². The molecule has 0 fully saturated rings. The molecule has 0 rings (SSSR count). The molecule has 0 heterocycles. The molecule has 1 amide bonds. The summed E-state index contributed by atoms with van der Waals surface area (Å²) in [5.41, 5.74) is 0. The first-order valence-corrected chi connectivity index (χ1v) is 35.5. The van der Waals surface area contributed by atoms with Crippen molar-refractivity contribution in [1.29, 1.82) is 0 Å². The predicted molar refractivity (Wildman–Crippen MR) is 342 cm³/mol. The van der Waals surface area contributed by atoms with Crippen LogP contribution in [0.15, 0.2) is 48.6 Å². The quantitative estimate of drug-likeness (QED) is 0.0205. The Morgan fingerprint density at radius 2 is 0.772 bits per heavy atom. The number of unbranched alkanes of at least 4 members (excludes halogenated alkanes) is 40. The zero-order chi connectivity index (χ0) is 57.9. The van der Waals surface area contributed by atoms with Gasteiger partial charge in [-0.25, -0.2) is 4.57 Å². The third kappa shape index (κ3) is 60.4. The highest BCUT2D eigenvalue weighted by Gasteiger charge is 2.30. The molecule has 0 radical (unpaired) electrons. The van der Waals surface area contributed by atoms with Crippen LogP contribution in [0.4, 0.5) is 0 Å². The fourth-order valence-electron chi connectivity index (χ4n) is 9.97. The predicted octanol–water partition coefficient (Wildman–Crippen LogP) is 21.2. The molecule has 3 atom stereocenters. The van der Waals surface area contributed by atoms with E-state index in [9.17, 15) is 19.0 Å². The molecule has 0 aromatic heterocycles. The number of ether oxygens (including phenoxy) is 1. The van der Waals surface area contributed by atoms with E-state index in [2.05, 4.69) is 62.5 Å². The van der Waals surface area contributed by atoms with Gasteiger partial charge < -0.3 is 19.4 Å². The van der Waals surface area contributed by atoms with E-state index in [0.717, 1.165) is 77.0 Å². The Bertz CT molecular complexity index is 1490. The number of amides is 1. The van der Waals surface area contributed by atoms with E-state index in [4.69, 9.17) is 13.8 Å². The van der Waals surface area contributed by atoms with E-state index >= 15 is 0 Å². The number of phosphoric ester groups is 1. The molecule has 0 aromatic rings. The molecule has 0 bridgehead atoms. The Morgan fingerprint density at radius 1 is 0.443 bits per heavy atom. The van der Waals surface area contributed by atoms with Crippen molar-refractivity contribution in [2.75, 3.05) is 40.9 Å². The lowest BCUT2D eigenvalue weighted by atomic mass is 10.0. The number of rotatable bonds is 62. The van der Waals surface area contributed by atoms with Gasteiger partial charge in [0.05, 0.1) is 33.8 Å². The van der Waals surface area contributed by atoms with Gasteiger partial charge in [0.25, 0.3) is 0 Å². The van der Waals surface area contributed by atoms with Crippen LogP contribution in [-0.4, -0.2) is 74.3 Å². The second-order valence-corrected chi connectivity index (χ2v) is 25.8. The molecule has 3 unspecified atom stereocenters. The van der Waals surface area contributed by atoms with E-state index in [0.29, 0.717) is 17.4 Å². The summed E-state index contributed by atoms with van der Waals surface area (Å²) in [6.45, 7) is 7.01. The van der Waals surface area contributed by atoms with Crippen molar-refractivity contribution in [2.24, 2.45) is 0 Å².